The van der Waals surface area contributed by atoms with Crippen LogP contribution < -0.4 is 10.2 Å². The third-order valence-electron chi connectivity index (χ3n) is 5.15. The van der Waals surface area contributed by atoms with E-state index >= 15 is 0 Å². The van der Waals surface area contributed by atoms with Gasteiger partial charge in [-0.25, -0.2) is 18.4 Å². The smallest absolute Gasteiger partial charge is 0.185 e. The Kier molecular flexibility index (Phi) is 5.41. The molecular formula is C20H23F2N5S. The number of anilines is 1. The van der Waals surface area contributed by atoms with Crippen LogP contribution in [0.25, 0.3) is 5.69 Å². The van der Waals surface area contributed by atoms with Crippen molar-refractivity contribution in [3.63, 3.8) is 0 Å². The lowest BCUT2D eigenvalue weighted by Gasteiger charge is -2.14. The van der Waals surface area contributed by atoms with E-state index in [0.29, 0.717) is 6.54 Å². The Hall–Kier alpha value is -2.32. The highest BCUT2D eigenvalue weighted by Crippen LogP contribution is 2.27. The summed E-state index contributed by atoms with van der Waals surface area (Å²) in [6.45, 7) is 6.84. The maximum absolute atomic E-state index is 14.1. The van der Waals surface area contributed by atoms with Gasteiger partial charge < -0.3 is 10.2 Å². The van der Waals surface area contributed by atoms with E-state index in [-0.39, 0.29) is 11.7 Å². The molecule has 3 aromatic rings. The van der Waals surface area contributed by atoms with Gasteiger partial charge in [-0.05, 0) is 38.8 Å². The summed E-state index contributed by atoms with van der Waals surface area (Å²) in [7, 11) is 0. The molecule has 1 atom stereocenters. The molecule has 1 aromatic carbocycles. The number of halogens is 2. The number of hydrogen-bond donors (Lipinski definition) is 1. The lowest BCUT2D eigenvalue weighted by Crippen LogP contribution is -2.18. The molecule has 0 saturated carbocycles. The third kappa shape index (κ3) is 3.79. The summed E-state index contributed by atoms with van der Waals surface area (Å²) in [5.74, 6) is -1.23. The summed E-state index contributed by atoms with van der Waals surface area (Å²) in [6, 6.07) is 3.56. The molecule has 0 amide bonds. The normalized spacial score (nSPS) is 15.4. The van der Waals surface area contributed by atoms with Gasteiger partial charge in [0, 0.05) is 54.1 Å². The van der Waals surface area contributed by atoms with Crippen molar-refractivity contribution in [1.82, 2.24) is 20.1 Å². The van der Waals surface area contributed by atoms with Crippen molar-refractivity contribution in [2.45, 2.75) is 39.3 Å². The molecule has 148 valence electrons. The van der Waals surface area contributed by atoms with Gasteiger partial charge >= 0.3 is 0 Å². The molecule has 2 aromatic heterocycles. The number of nitrogens with zero attached hydrogens (tertiary/aromatic N) is 4. The second-order valence-corrected chi connectivity index (χ2v) is 8.19. The van der Waals surface area contributed by atoms with E-state index in [1.54, 1.807) is 17.5 Å². The summed E-state index contributed by atoms with van der Waals surface area (Å²) in [5.41, 5.74) is 2.05. The fourth-order valence-corrected chi connectivity index (χ4v) is 4.45. The van der Waals surface area contributed by atoms with E-state index in [2.05, 4.69) is 27.2 Å². The molecule has 1 unspecified atom stereocenters. The van der Waals surface area contributed by atoms with Gasteiger partial charge in [-0.3, -0.25) is 0 Å². The Morgan fingerprint density at radius 1 is 1.21 bits per heavy atom. The van der Waals surface area contributed by atoms with Crippen molar-refractivity contribution >= 4 is 16.5 Å². The molecule has 3 heterocycles. The van der Waals surface area contributed by atoms with Crippen LogP contribution >= 0.6 is 11.3 Å². The van der Waals surface area contributed by atoms with Crippen LogP contribution in [0, 0.1) is 18.6 Å². The number of thiazole rings is 1. The molecule has 1 saturated heterocycles. The molecule has 4 rings (SSSR count). The molecule has 1 fully saturated rings. The zero-order chi connectivity index (χ0) is 19.7. The zero-order valence-electron chi connectivity index (χ0n) is 16.0. The highest BCUT2D eigenvalue weighted by molar-refractivity contribution is 7.15. The highest BCUT2D eigenvalue weighted by Gasteiger charge is 2.18. The average Bonchev–Trinajstić information content (AvgIpc) is 3.41. The van der Waals surface area contributed by atoms with Crippen LogP contribution in [0.1, 0.15) is 41.9 Å². The topological polar surface area (TPSA) is 46.0 Å². The molecule has 28 heavy (non-hydrogen) atoms. The number of rotatable bonds is 6. The number of hydrogen-bond acceptors (Lipinski definition) is 5. The monoisotopic (exact) mass is 403 g/mol. The Morgan fingerprint density at radius 2 is 2.00 bits per heavy atom. The molecule has 0 aliphatic carbocycles. The van der Waals surface area contributed by atoms with Crippen molar-refractivity contribution in [3.05, 3.63) is 58.4 Å². The molecular weight excluding hydrogens is 380 g/mol. The molecule has 1 aliphatic rings. The van der Waals surface area contributed by atoms with Crippen LogP contribution in [0.2, 0.25) is 0 Å². The first-order chi connectivity index (χ1) is 13.5. The Bertz CT molecular complexity index is 961. The lowest BCUT2D eigenvalue weighted by atomic mass is 10.1. The second-order valence-electron chi connectivity index (χ2n) is 7.10. The maximum Gasteiger partial charge on any atom is 0.185 e. The first kappa shape index (κ1) is 19.0. The van der Waals surface area contributed by atoms with E-state index in [1.165, 1.54) is 34.5 Å². The van der Waals surface area contributed by atoms with E-state index in [0.717, 1.165) is 35.5 Å². The van der Waals surface area contributed by atoms with Crippen LogP contribution in [0.4, 0.5) is 13.9 Å². The number of nitrogens with one attached hydrogen (secondary N) is 1. The highest BCUT2D eigenvalue weighted by atomic mass is 32.1. The number of benzene rings is 1. The SMILES string of the molecule is Cc1c(C(C)NCc2cnc(N3CCCC3)s2)cnn1-c1ccc(F)cc1F. The average molecular weight is 404 g/mol. The van der Waals surface area contributed by atoms with Gasteiger partial charge in [0.15, 0.2) is 10.9 Å². The van der Waals surface area contributed by atoms with Crippen LogP contribution in [-0.4, -0.2) is 27.9 Å². The summed E-state index contributed by atoms with van der Waals surface area (Å²) in [6.07, 6.45) is 6.14. The summed E-state index contributed by atoms with van der Waals surface area (Å²) in [5, 5.41) is 8.90. The summed E-state index contributed by atoms with van der Waals surface area (Å²) in [4.78, 5) is 8.06. The van der Waals surface area contributed by atoms with Crippen LogP contribution in [0.15, 0.2) is 30.6 Å². The number of aromatic nitrogens is 3. The van der Waals surface area contributed by atoms with Crippen molar-refractivity contribution in [2.75, 3.05) is 18.0 Å². The predicted molar refractivity (Wildman–Crippen MR) is 107 cm³/mol. The fourth-order valence-electron chi connectivity index (χ4n) is 3.54. The van der Waals surface area contributed by atoms with Crippen LogP contribution in [0.3, 0.4) is 0 Å². The fraction of sp³-hybridized carbons (Fsp3) is 0.400. The predicted octanol–water partition coefficient (Wildman–Crippen LogP) is 4.37. The van der Waals surface area contributed by atoms with Gasteiger partial charge in [-0.2, -0.15) is 5.10 Å². The maximum atomic E-state index is 14.1. The van der Waals surface area contributed by atoms with Crippen LogP contribution in [-0.2, 0) is 6.54 Å². The first-order valence-corrected chi connectivity index (χ1v) is 10.3. The summed E-state index contributed by atoms with van der Waals surface area (Å²) >= 11 is 1.72. The molecule has 1 N–H and O–H groups in total. The van der Waals surface area contributed by atoms with Crippen molar-refractivity contribution in [3.8, 4) is 5.69 Å². The van der Waals surface area contributed by atoms with Gasteiger partial charge in [0.2, 0.25) is 0 Å². The van der Waals surface area contributed by atoms with Gasteiger partial charge in [0.1, 0.15) is 11.5 Å². The van der Waals surface area contributed by atoms with Gasteiger partial charge in [0.25, 0.3) is 0 Å². The zero-order valence-corrected chi connectivity index (χ0v) is 16.8. The minimum Gasteiger partial charge on any atom is -0.348 e. The third-order valence-corrected chi connectivity index (χ3v) is 6.21. The van der Waals surface area contributed by atoms with Gasteiger partial charge in [-0.1, -0.05) is 0 Å². The molecule has 0 spiro atoms. The largest absolute Gasteiger partial charge is 0.348 e. The standard InChI is InChI=1S/C20H23F2N5S/c1-13(23-10-16-11-24-20(28-16)26-7-3-4-8-26)17-12-25-27(14(17)2)19-6-5-15(21)9-18(19)22/h5-6,9,11-13,23H,3-4,7-8,10H2,1-2H3. The van der Waals surface area contributed by atoms with E-state index < -0.39 is 11.6 Å². The molecule has 0 radical (unpaired) electrons. The van der Waals surface area contributed by atoms with E-state index in [4.69, 9.17) is 0 Å². The minimum absolute atomic E-state index is 0.0367. The molecule has 1 aliphatic heterocycles. The Balaban J connectivity index is 1.44. The first-order valence-electron chi connectivity index (χ1n) is 9.46. The quantitative estimate of drug-likeness (QED) is 0.664. The molecule has 8 heteroatoms. The van der Waals surface area contributed by atoms with Crippen molar-refractivity contribution in [2.24, 2.45) is 0 Å². The van der Waals surface area contributed by atoms with E-state index in [1.807, 2.05) is 13.1 Å². The van der Waals surface area contributed by atoms with Crippen molar-refractivity contribution in [1.29, 1.82) is 0 Å². The van der Waals surface area contributed by atoms with Gasteiger partial charge in [0.05, 0.1) is 6.20 Å². The Morgan fingerprint density at radius 3 is 2.75 bits per heavy atom. The minimum atomic E-state index is -0.627. The molecule has 0 bridgehead atoms. The summed E-state index contributed by atoms with van der Waals surface area (Å²) < 4.78 is 28.8. The Labute approximate surface area is 167 Å². The second kappa shape index (κ2) is 7.97. The molecule has 5 nitrogen and oxygen atoms in total. The van der Waals surface area contributed by atoms with Crippen molar-refractivity contribution < 1.29 is 8.78 Å². The van der Waals surface area contributed by atoms with E-state index in [9.17, 15) is 8.78 Å². The van der Waals surface area contributed by atoms with Crippen LogP contribution in [0.5, 0.6) is 0 Å². The van der Waals surface area contributed by atoms with Gasteiger partial charge in [-0.15, -0.1) is 11.3 Å². The lowest BCUT2D eigenvalue weighted by molar-refractivity contribution is 0.568.